The van der Waals surface area contributed by atoms with Crippen LogP contribution in [0.2, 0.25) is 5.02 Å². The van der Waals surface area contributed by atoms with Crippen LogP contribution < -0.4 is 5.32 Å². The summed E-state index contributed by atoms with van der Waals surface area (Å²) < 4.78 is 26.2. The first-order chi connectivity index (χ1) is 9.08. The number of hydrogen-bond donors (Lipinski definition) is 1. The zero-order chi connectivity index (χ0) is 13.8. The monoisotopic (exact) mass is 278 g/mol. The third-order valence-corrected chi connectivity index (χ3v) is 2.75. The zero-order valence-electron chi connectivity index (χ0n) is 9.70. The first-order valence-corrected chi connectivity index (χ1v) is 5.84. The van der Waals surface area contributed by atoms with Crippen LogP contribution >= 0.6 is 11.6 Å². The minimum atomic E-state index is -0.841. The van der Waals surface area contributed by atoms with Crippen LogP contribution in [0, 0.1) is 23.0 Å². The molecule has 96 valence electrons. The maximum atomic E-state index is 13.1. The van der Waals surface area contributed by atoms with Gasteiger partial charge in [0.05, 0.1) is 6.07 Å². The lowest BCUT2D eigenvalue weighted by atomic mass is 10.1. The van der Waals surface area contributed by atoms with Crippen LogP contribution in [0.4, 0.5) is 14.5 Å². The Morgan fingerprint density at radius 1 is 1.05 bits per heavy atom. The van der Waals surface area contributed by atoms with Gasteiger partial charge in [-0.15, -0.1) is 0 Å². The van der Waals surface area contributed by atoms with Crippen LogP contribution in [-0.2, 0) is 0 Å². The summed E-state index contributed by atoms with van der Waals surface area (Å²) in [6, 6.07) is 10.8. The molecular formula is C14H9ClF2N2. The van der Waals surface area contributed by atoms with Gasteiger partial charge in [0, 0.05) is 16.8 Å². The highest BCUT2D eigenvalue weighted by atomic mass is 35.5. The van der Waals surface area contributed by atoms with E-state index in [4.69, 9.17) is 16.9 Å². The first-order valence-electron chi connectivity index (χ1n) is 5.46. The maximum absolute atomic E-state index is 13.1. The summed E-state index contributed by atoms with van der Waals surface area (Å²) in [5.41, 5.74) is 0.871. The molecule has 0 aliphatic heterocycles. The fourth-order valence-electron chi connectivity index (χ4n) is 1.64. The molecule has 0 saturated heterocycles. The molecular weight excluding hydrogens is 270 g/mol. The Hall–Kier alpha value is -2.12. The molecule has 0 heterocycles. The number of anilines is 1. The molecule has 0 radical (unpaired) electrons. The summed E-state index contributed by atoms with van der Waals surface area (Å²) in [6.45, 7) is 0. The number of rotatable bonds is 3. The van der Waals surface area contributed by atoms with Crippen LogP contribution in [0.3, 0.4) is 0 Å². The highest BCUT2D eigenvalue weighted by Crippen LogP contribution is 2.22. The van der Waals surface area contributed by atoms with Crippen molar-refractivity contribution in [1.82, 2.24) is 0 Å². The van der Waals surface area contributed by atoms with Gasteiger partial charge in [0.25, 0.3) is 0 Å². The van der Waals surface area contributed by atoms with E-state index in [2.05, 4.69) is 5.32 Å². The Morgan fingerprint density at radius 3 is 2.16 bits per heavy atom. The summed E-state index contributed by atoms with van der Waals surface area (Å²) in [4.78, 5) is 0. The lowest BCUT2D eigenvalue weighted by Crippen LogP contribution is -2.09. The van der Waals surface area contributed by atoms with Gasteiger partial charge in [-0.3, -0.25) is 0 Å². The molecule has 5 heteroatoms. The molecule has 0 saturated carbocycles. The smallest absolute Gasteiger partial charge is 0.140 e. The quantitative estimate of drug-likeness (QED) is 0.909. The molecule has 2 aromatic rings. The van der Waals surface area contributed by atoms with Gasteiger partial charge in [-0.1, -0.05) is 11.6 Å². The normalized spacial score (nSPS) is 11.7. The molecule has 0 amide bonds. The van der Waals surface area contributed by atoms with Crippen molar-refractivity contribution in [2.75, 3.05) is 5.32 Å². The number of nitriles is 1. The molecule has 2 rings (SSSR count). The van der Waals surface area contributed by atoms with Gasteiger partial charge in [0.2, 0.25) is 0 Å². The molecule has 1 N–H and O–H groups in total. The van der Waals surface area contributed by atoms with Gasteiger partial charge in [0.1, 0.15) is 17.7 Å². The van der Waals surface area contributed by atoms with E-state index in [1.54, 1.807) is 24.3 Å². The molecule has 0 aliphatic carbocycles. The minimum Gasteiger partial charge on any atom is -0.366 e. The van der Waals surface area contributed by atoms with E-state index < -0.39 is 17.7 Å². The summed E-state index contributed by atoms with van der Waals surface area (Å²) in [6.07, 6.45) is 0. The highest BCUT2D eigenvalue weighted by molar-refractivity contribution is 6.30. The molecule has 0 bridgehead atoms. The number of hydrogen-bond acceptors (Lipinski definition) is 2. The Balaban J connectivity index is 2.25. The minimum absolute atomic E-state index is 0.231. The number of nitrogens with one attached hydrogen (secondary N) is 1. The van der Waals surface area contributed by atoms with Gasteiger partial charge in [0.15, 0.2) is 0 Å². The van der Waals surface area contributed by atoms with Crippen molar-refractivity contribution in [3.63, 3.8) is 0 Å². The summed E-state index contributed by atoms with van der Waals surface area (Å²) in [7, 11) is 0. The Kier molecular flexibility index (Phi) is 3.98. The Bertz CT molecular complexity index is 600. The number of nitrogens with zero attached hydrogens (tertiary/aromatic N) is 1. The summed E-state index contributed by atoms with van der Waals surface area (Å²) in [5, 5.41) is 12.5. The molecule has 0 aliphatic rings. The predicted octanol–water partition coefficient (Wildman–Crippen LogP) is 4.29. The van der Waals surface area contributed by atoms with Crippen molar-refractivity contribution in [2.24, 2.45) is 0 Å². The molecule has 0 fully saturated rings. The molecule has 0 spiro atoms. The second-order valence-electron chi connectivity index (χ2n) is 3.92. The first kappa shape index (κ1) is 13.3. The third kappa shape index (κ3) is 3.43. The van der Waals surface area contributed by atoms with Gasteiger partial charge in [-0.2, -0.15) is 5.26 Å². The fourth-order valence-corrected chi connectivity index (χ4v) is 1.77. The third-order valence-electron chi connectivity index (χ3n) is 2.50. The Labute approximate surface area is 114 Å². The molecule has 2 aromatic carbocycles. The van der Waals surface area contributed by atoms with Crippen molar-refractivity contribution >= 4 is 17.3 Å². The largest absolute Gasteiger partial charge is 0.366 e. The van der Waals surface area contributed by atoms with E-state index in [0.29, 0.717) is 10.7 Å². The van der Waals surface area contributed by atoms with Crippen LogP contribution in [0.25, 0.3) is 0 Å². The molecule has 2 nitrogen and oxygen atoms in total. The van der Waals surface area contributed by atoms with Crippen molar-refractivity contribution in [3.8, 4) is 6.07 Å². The maximum Gasteiger partial charge on any atom is 0.140 e. The second-order valence-corrected chi connectivity index (χ2v) is 4.35. The average Bonchev–Trinajstić information content (AvgIpc) is 2.37. The van der Waals surface area contributed by atoms with E-state index in [-0.39, 0.29) is 5.56 Å². The van der Waals surface area contributed by atoms with E-state index in [1.807, 2.05) is 6.07 Å². The van der Waals surface area contributed by atoms with Crippen LogP contribution in [0.5, 0.6) is 0 Å². The Morgan fingerprint density at radius 2 is 1.63 bits per heavy atom. The molecule has 19 heavy (non-hydrogen) atoms. The second kappa shape index (κ2) is 5.68. The van der Waals surface area contributed by atoms with Crippen LogP contribution in [0.1, 0.15) is 11.6 Å². The van der Waals surface area contributed by atoms with Gasteiger partial charge in [-0.05, 0) is 42.0 Å². The predicted molar refractivity (Wildman–Crippen MR) is 69.8 cm³/mol. The van der Waals surface area contributed by atoms with Crippen LogP contribution in [0.15, 0.2) is 42.5 Å². The SMILES string of the molecule is N#CC(Nc1ccc(Cl)cc1)c1cc(F)cc(F)c1. The summed E-state index contributed by atoms with van der Waals surface area (Å²) in [5.74, 6) is -1.43. The van der Waals surface area contributed by atoms with Gasteiger partial charge < -0.3 is 5.32 Å². The van der Waals surface area contributed by atoms with Crippen LogP contribution in [-0.4, -0.2) is 0 Å². The van der Waals surface area contributed by atoms with Gasteiger partial charge >= 0.3 is 0 Å². The van der Waals surface area contributed by atoms with Gasteiger partial charge in [-0.25, -0.2) is 8.78 Å². The highest BCUT2D eigenvalue weighted by Gasteiger charge is 2.12. The lowest BCUT2D eigenvalue weighted by Gasteiger charge is -2.13. The molecule has 1 unspecified atom stereocenters. The van der Waals surface area contributed by atoms with E-state index >= 15 is 0 Å². The fraction of sp³-hybridized carbons (Fsp3) is 0.0714. The van der Waals surface area contributed by atoms with E-state index in [0.717, 1.165) is 18.2 Å². The van der Waals surface area contributed by atoms with Crippen molar-refractivity contribution < 1.29 is 8.78 Å². The standard InChI is InChI=1S/C14H9ClF2N2/c15-10-1-3-13(4-2-10)19-14(8-18)9-5-11(16)7-12(17)6-9/h1-7,14,19H. The number of halogens is 3. The van der Waals surface area contributed by atoms with E-state index in [1.165, 1.54) is 0 Å². The summed E-state index contributed by atoms with van der Waals surface area (Å²) >= 11 is 5.75. The van der Waals surface area contributed by atoms with Crippen molar-refractivity contribution in [3.05, 3.63) is 64.7 Å². The number of benzene rings is 2. The topological polar surface area (TPSA) is 35.8 Å². The molecule has 0 aromatic heterocycles. The lowest BCUT2D eigenvalue weighted by molar-refractivity contribution is 0.579. The van der Waals surface area contributed by atoms with Crippen molar-refractivity contribution in [1.29, 1.82) is 5.26 Å². The zero-order valence-corrected chi connectivity index (χ0v) is 10.5. The van der Waals surface area contributed by atoms with Crippen molar-refractivity contribution in [2.45, 2.75) is 6.04 Å². The molecule has 1 atom stereocenters. The average molecular weight is 279 g/mol. The van der Waals surface area contributed by atoms with E-state index in [9.17, 15) is 8.78 Å².